The van der Waals surface area contributed by atoms with Gasteiger partial charge < -0.3 is 9.88 Å². The maximum absolute atomic E-state index is 4.43. The average Bonchev–Trinajstić information content (AvgIpc) is 3.00. The SMILES string of the molecule is CCn1c2ccccc2c2cc(CN[C@H](C)c3ccccn3)ccc21. The van der Waals surface area contributed by atoms with E-state index < -0.39 is 0 Å². The summed E-state index contributed by atoms with van der Waals surface area (Å²) in [4.78, 5) is 4.43. The highest BCUT2D eigenvalue weighted by atomic mass is 15.0. The van der Waals surface area contributed by atoms with E-state index in [1.807, 2.05) is 18.3 Å². The van der Waals surface area contributed by atoms with Crippen LogP contribution in [-0.4, -0.2) is 9.55 Å². The first-order chi connectivity index (χ1) is 12.3. The van der Waals surface area contributed by atoms with Gasteiger partial charge >= 0.3 is 0 Å². The van der Waals surface area contributed by atoms with Crippen LogP contribution >= 0.6 is 0 Å². The Kier molecular flexibility index (Phi) is 4.24. The lowest BCUT2D eigenvalue weighted by atomic mass is 10.1. The first-order valence-electron chi connectivity index (χ1n) is 8.92. The second kappa shape index (κ2) is 6.69. The Hall–Kier alpha value is -2.65. The van der Waals surface area contributed by atoms with Crippen molar-refractivity contribution in [2.24, 2.45) is 0 Å². The van der Waals surface area contributed by atoms with Gasteiger partial charge in [-0.05, 0) is 49.7 Å². The molecule has 2 aromatic carbocycles. The van der Waals surface area contributed by atoms with Gasteiger partial charge in [0.05, 0.1) is 5.69 Å². The zero-order chi connectivity index (χ0) is 17.2. The van der Waals surface area contributed by atoms with Crippen molar-refractivity contribution in [3.63, 3.8) is 0 Å². The third-order valence-electron chi connectivity index (χ3n) is 4.90. The molecule has 3 nitrogen and oxygen atoms in total. The van der Waals surface area contributed by atoms with Gasteiger partial charge in [-0.15, -0.1) is 0 Å². The van der Waals surface area contributed by atoms with Gasteiger partial charge in [0.25, 0.3) is 0 Å². The molecule has 0 aliphatic heterocycles. The zero-order valence-electron chi connectivity index (χ0n) is 14.7. The fourth-order valence-electron chi connectivity index (χ4n) is 3.56. The molecule has 0 saturated heterocycles. The fraction of sp³-hybridized carbons (Fsp3) is 0.227. The number of fused-ring (bicyclic) bond motifs is 3. The number of aromatic nitrogens is 2. The van der Waals surface area contributed by atoms with Crippen LogP contribution in [-0.2, 0) is 13.1 Å². The molecule has 0 bridgehead atoms. The van der Waals surface area contributed by atoms with Gasteiger partial charge in [0.15, 0.2) is 0 Å². The Morgan fingerprint density at radius 3 is 2.56 bits per heavy atom. The summed E-state index contributed by atoms with van der Waals surface area (Å²) in [6.07, 6.45) is 1.85. The topological polar surface area (TPSA) is 29.9 Å². The minimum atomic E-state index is 0.230. The van der Waals surface area contributed by atoms with Crippen LogP contribution in [0, 0.1) is 0 Å². The van der Waals surface area contributed by atoms with Crippen molar-refractivity contribution in [3.05, 3.63) is 78.1 Å². The Balaban J connectivity index is 1.64. The summed E-state index contributed by atoms with van der Waals surface area (Å²) in [6, 6.07) is 21.7. The molecular weight excluding hydrogens is 306 g/mol. The maximum Gasteiger partial charge on any atom is 0.0570 e. The zero-order valence-corrected chi connectivity index (χ0v) is 14.7. The molecule has 4 rings (SSSR count). The molecular formula is C22H23N3. The Labute approximate surface area is 148 Å². The van der Waals surface area contributed by atoms with Gasteiger partial charge in [0, 0.05) is 47.1 Å². The number of hydrogen-bond acceptors (Lipinski definition) is 2. The molecule has 0 radical (unpaired) electrons. The van der Waals surface area contributed by atoms with Gasteiger partial charge in [-0.3, -0.25) is 4.98 Å². The molecule has 0 saturated carbocycles. The highest BCUT2D eigenvalue weighted by Gasteiger charge is 2.10. The Bertz CT molecular complexity index is 1000. The summed E-state index contributed by atoms with van der Waals surface area (Å²) in [7, 11) is 0. The number of aryl methyl sites for hydroxylation is 1. The summed E-state index contributed by atoms with van der Waals surface area (Å²) >= 11 is 0. The fourth-order valence-corrected chi connectivity index (χ4v) is 3.56. The summed E-state index contributed by atoms with van der Waals surface area (Å²) in [5, 5.41) is 6.25. The van der Waals surface area contributed by atoms with E-state index in [-0.39, 0.29) is 6.04 Å². The van der Waals surface area contributed by atoms with E-state index in [1.165, 1.54) is 27.4 Å². The monoisotopic (exact) mass is 329 g/mol. The quantitative estimate of drug-likeness (QED) is 0.554. The number of nitrogens with one attached hydrogen (secondary N) is 1. The van der Waals surface area contributed by atoms with E-state index in [2.05, 4.69) is 77.2 Å². The largest absolute Gasteiger partial charge is 0.341 e. The minimum absolute atomic E-state index is 0.230. The molecule has 0 amide bonds. The van der Waals surface area contributed by atoms with Gasteiger partial charge in [0.1, 0.15) is 0 Å². The number of para-hydroxylation sites is 1. The molecule has 0 fully saturated rings. The first kappa shape index (κ1) is 15.9. The molecule has 0 spiro atoms. The molecule has 1 N–H and O–H groups in total. The van der Waals surface area contributed by atoms with Crippen molar-refractivity contribution >= 4 is 21.8 Å². The smallest absolute Gasteiger partial charge is 0.0570 e. The molecule has 3 heteroatoms. The lowest BCUT2D eigenvalue weighted by molar-refractivity contribution is 0.562. The van der Waals surface area contributed by atoms with E-state index in [9.17, 15) is 0 Å². The number of pyridine rings is 1. The predicted octanol–water partition coefficient (Wildman–Crippen LogP) is 5.06. The van der Waals surface area contributed by atoms with E-state index in [0.717, 1.165) is 18.8 Å². The van der Waals surface area contributed by atoms with E-state index in [4.69, 9.17) is 0 Å². The summed E-state index contributed by atoms with van der Waals surface area (Å²) < 4.78 is 2.39. The molecule has 0 aliphatic carbocycles. The number of benzene rings is 2. The van der Waals surface area contributed by atoms with Gasteiger partial charge in [-0.25, -0.2) is 0 Å². The van der Waals surface area contributed by atoms with Crippen LogP contribution in [0.3, 0.4) is 0 Å². The predicted molar refractivity (Wildman–Crippen MR) is 105 cm³/mol. The molecule has 1 atom stereocenters. The second-order valence-corrected chi connectivity index (χ2v) is 6.47. The van der Waals surface area contributed by atoms with E-state index in [1.54, 1.807) is 0 Å². The van der Waals surface area contributed by atoms with Crippen molar-refractivity contribution in [2.75, 3.05) is 0 Å². The number of nitrogens with zero attached hydrogens (tertiary/aromatic N) is 2. The highest BCUT2D eigenvalue weighted by molar-refractivity contribution is 6.08. The third kappa shape index (κ3) is 2.92. The normalized spacial score (nSPS) is 12.7. The van der Waals surface area contributed by atoms with E-state index in [0.29, 0.717) is 0 Å². The molecule has 2 aromatic heterocycles. The average molecular weight is 329 g/mol. The minimum Gasteiger partial charge on any atom is -0.341 e. The van der Waals surface area contributed by atoms with Crippen LogP contribution in [0.5, 0.6) is 0 Å². The van der Waals surface area contributed by atoms with Crippen molar-refractivity contribution in [1.82, 2.24) is 14.9 Å². The van der Waals surface area contributed by atoms with Crippen molar-refractivity contribution in [2.45, 2.75) is 33.0 Å². The van der Waals surface area contributed by atoms with Crippen LogP contribution in [0.2, 0.25) is 0 Å². The van der Waals surface area contributed by atoms with Crippen molar-refractivity contribution in [1.29, 1.82) is 0 Å². The molecule has 25 heavy (non-hydrogen) atoms. The number of hydrogen-bond donors (Lipinski definition) is 1. The molecule has 4 aromatic rings. The lowest BCUT2D eigenvalue weighted by Crippen LogP contribution is -2.18. The summed E-state index contributed by atoms with van der Waals surface area (Å²) in [5.41, 5.74) is 5.00. The van der Waals surface area contributed by atoms with Crippen molar-refractivity contribution in [3.8, 4) is 0 Å². The summed E-state index contributed by atoms with van der Waals surface area (Å²) in [5.74, 6) is 0. The lowest BCUT2D eigenvalue weighted by Gasteiger charge is -2.13. The Morgan fingerprint density at radius 2 is 1.76 bits per heavy atom. The highest BCUT2D eigenvalue weighted by Crippen LogP contribution is 2.29. The second-order valence-electron chi connectivity index (χ2n) is 6.47. The van der Waals surface area contributed by atoms with Crippen molar-refractivity contribution < 1.29 is 0 Å². The van der Waals surface area contributed by atoms with Gasteiger partial charge in [-0.1, -0.05) is 30.3 Å². The standard InChI is InChI=1S/C22H23N3/c1-3-25-21-10-5-4-8-18(21)19-14-17(11-12-22(19)25)15-24-16(2)20-9-6-7-13-23-20/h4-14,16,24H,3,15H2,1-2H3/t16-/m1/s1. The first-order valence-corrected chi connectivity index (χ1v) is 8.92. The Morgan fingerprint density at radius 1 is 0.960 bits per heavy atom. The van der Waals surface area contributed by atoms with E-state index >= 15 is 0 Å². The third-order valence-corrected chi connectivity index (χ3v) is 4.90. The number of rotatable bonds is 5. The van der Waals surface area contributed by atoms with Gasteiger partial charge in [0.2, 0.25) is 0 Å². The van der Waals surface area contributed by atoms with Crippen LogP contribution in [0.1, 0.15) is 31.1 Å². The van der Waals surface area contributed by atoms with Crippen LogP contribution in [0.15, 0.2) is 66.9 Å². The van der Waals surface area contributed by atoms with Crippen LogP contribution < -0.4 is 5.32 Å². The van der Waals surface area contributed by atoms with Crippen LogP contribution in [0.4, 0.5) is 0 Å². The molecule has 2 heterocycles. The molecule has 126 valence electrons. The maximum atomic E-state index is 4.43. The summed E-state index contributed by atoms with van der Waals surface area (Å²) in [6.45, 7) is 6.18. The van der Waals surface area contributed by atoms with Gasteiger partial charge in [-0.2, -0.15) is 0 Å². The molecule has 0 aliphatic rings. The molecule has 0 unspecified atom stereocenters. The van der Waals surface area contributed by atoms with Crippen LogP contribution in [0.25, 0.3) is 21.8 Å².